The van der Waals surface area contributed by atoms with E-state index >= 15 is 0 Å². The zero-order valence-corrected chi connectivity index (χ0v) is 9.94. The Morgan fingerprint density at radius 3 is 2.36 bits per heavy atom. The molecule has 3 nitrogen and oxygen atoms in total. The van der Waals surface area contributed by atoms with Crippen LogP contribution in [0.5, 0.6) is 0 Å². The van der Waals surface area contributed by atoms with Crippen LogP contribution in [0.25, 0.3) is 0 Å². The largest absolute Gasteiger partial charge is 0.376 e. The molecule has 0 aromatic heterocycles. The van der Waals surface area contributed by atoms with Gasteiger partial charge in [0.25, 0.3) is 0 Å². The molecule has 1 aliphatic rings. The number of morpholine rings is 1. The summed E-state index contributed by atoms with van der Waals surface area (Å²) in [6.45, 7) is 11.6. The molecule has 1 rings (SSSR count). The Hall–Kier alpha value is -0.120. The zero-order valence-electron chi connectivity index (χ0n) is 9.94. The van der Waals surface area contributed by atoms with E-state index in [0.29, 0.717) is 6.10 Å². The van der Waals surface area contributed by atoms with Gasteiger partial charge in [0.15, 0.2) is 0 Å². The minimum absolute atomic E-state index is 0.490. The highest BCUT2D eigenvalue weighted by atomic mass is 16.5. The standard InChI is InChI=1S/C7H15NO.C4H11N/c1-2-3-7-6-8-4-5-9-7;1-3-5-4-2/h7-8H,2-6H2,1H3;5H,3-4H2,1-2H3. The molecule has 86 valence electrons. The molecule has 1 fully saturated rings. The molecule has 1 heterocycles. The fraction of sp³-hybridized carbons (Fsp3) is 1.00. The van der Waals surface area contributed by atoms with Gasteiger partial charge in [-0.15, -0.1) is 0 Å². The van der Waals surface area contributed by atoms with Gasteiger partial charge in [0.2, 0.25) is 0 Å². The lowest BCUT2D eigenvalue weighted by Crippen LogP contribution is -2.38. The van der Waals surface area contributed by atoms with Gasteiger partial charge in [0, 0.05) is 13.1 Å². The average molecular weight is 202 g/mol. The maximum absolute atomic E-state index is 5.46. The molecule has 1 aliphatic heterocycles. The summed E-state index contributed by atoms with van der Waals surface area (Å²) < 4.78 is 5.46. The van der Waals surface area contributed by atoms with Crippen LogP contribution in [-0.2, 0) is 4.74 Å². The maximum Gasteiger partial charge on any atom is 0.0700 e. The van der Waals surface area contributed by atoms with Gasteiger partial charge in [-0.25, -0.2) is 0 Å². The first kappa shape index (κ1) is 13.9. The molecule has 14 heavy (non-hydrogen) atoms. The van der Waals surface area contributed by atoms with Gasteiger partial charge in [-0.2, -0.15) is 0 Å². The summed E-state index contributed by atoms with van der Waals surface area (Å²) in [5, 5.41) is 6.41. The fourth-order valence-electron chi connectivity index (χ4n) is 1.38. The monoisotopic (exact) mass is 202 g/mol. The Morgan fingerprint density at radius 1 is 1.29 bits per heavy atom. The zero-order chi connectivity index (χ0) is 10.6. The van der Waals surface area contributed by atoms with E-state index in [1.807, 2.05) is 0 Å². The highest BCUT2D eigenvalue weighted by Crippen LogP contribution is 2.02. The molecule has 0 aromatic rings. The van der Waals surface area contributed by atoms with Crippen molar-refractivity contribution in [2.24, 2.45) is 0 Å². The van der Waals surface area contributed by atoms with Crippen molar-refractivity contribution in [2.45, 2.75) is 39.7 Å². The fourth-order valence-corrected chi connectivity index (χ4v) is 1.38. The predicted octanol–water partition coefficient (Wildman–Crippen LogP) is 1.39. The first-order valence-corrected chi connectivity index (χ1v) is 5.88. The predicted molar refractivity (Wildman–Crippen MR) is 61.7 cm³/mol. The minimum atomic E-state index is 0.490. The summed E-state index contributed by atoms with van der Waals surface area (Å²) in [5.74, 6) is 0. The highest BCUT2D eigenvalue weighted by Gasteiger charge is 2.10. The molecular formula is C11H26N2O. The van der Waals surface area contributed by atoms with Crippen molar-refractivity contribution in [2.75, 3.05) is 32.8 Å². The van der Waals surface area contributed by atoms with Crippen LogP contribution in [0.4, 0.5) is 0 Å². The van der Waals surface area contributed by atoms with Gasteiger partial charge in [-0.1, -0.05) is 27.2 Å². The lowest BCUT2D eigenvalue weighted by Gasteiger charge is -2.22. The van der Waals surface area contributed by atoms with E-state index in [0.717, 1.165) is 32.8 Å². The average Bonchev–Trinajstić information content (AvgIpc) is 2.22. The molecule has 0 aliphatic carbocycles. The molecular weight excluding hydrogens is 176 g/mol. The van der Waals surface area contributed by atoms with E-state index in [2.05, 4.69) is 31.4 Å². The molecule has 0 saturated carbocycles. The van der Waals surface area contributed by atoms with Crippen LogP contribution in [0.1, 0.15) is 33.6 Å². The molecule has 0 radical (unpaired) electrons. The number of nitrogens with one attached hydrogen (secondary N) is 2. The quantitative estimate of drug-likeness (QED) is 0.723. The second-order valence-corrected chi connectivity index (χ2v) is 3.44. The van der Waals surface area contributed by atoms with Crippen molar-refractivity contribution in [3.05, 3.63) is 0 Å². The molecule has 0 bridgehead atoms. The normalized spacial score (nSPS) is 21.2. The molecule has 1 atom stereocenters. The summed E-state index contributed by atoms with van der Waals surface area (Å²) in [6.07, 6.45) is 2.92. The Labute approximate surface area is 88.6 Å². The van der Waals surface area contributed by atoms with Gasteiger partial charge in [0.05, 0.1) is 12.7 Å². The lowest BCUT2D eigenvalue weighted by molar-refractivity contribution is 0.0232. The van der Waals surface area contributed by atoms with Gasteiger partial charge in [0.1, 0.15) is 0 Å². The summed E-state index contributed by atoms with van der Waals surface area (Å²) >= 11 is 0. The number of hydrogen-bond acceptors (Lipinski definition) is 3. The van der Waals surface area contributed by atoms with Crippen LogP contribution in [0.2, 0.25) is 0 Å². The molecule has 0 aromatic carbocycles. The van der Waals surface area contributed by atoms with Gasteiger partial charge < -0.3 is 15.4 Å². The van der Waals surface area contributed by atoms with E-state index in [4.69, 9.17) is 4.74 Å². The number of ether oxygens (including phenoxy) is 1. The molecule has 1 saturated heterocycles. The van der Waals surface area contributed by atoms with Gasteiger partial charge >= 0.3 is 0 Å². The Morgan fingerprint density at radius 2 is 2.00 bits per heavy atom. The van der Waals surface area contributed by atoms with E-state index in [1.165, 1.54) is 12.8 Å². The number of hydrogen-bond donors (Lipinski definition) is 2. The van der Waals surface area contributed by atoms with E-state index in [-0.39, 0.29) is 0 Å². The van der Waals surface area contributed by atoms with E-state index in [1.54, 1.807) is 0 Å². The topological polar surface area (TPSA) is 33.3 Å². The van der Waals surface area contributed by atoms with Gasteiger partial charge in [-0.3, -0.25) is 0 Å². The highest BCUT2D eigenvalue weighted by molar-refractivity contribution is 4.65. The van der Waals surface area contributed by atoms with Crippen LogP contribution in [-0.4, -0.2) is 38.9 Å². The Balaban J connectivity index is 0.000000292. The second kappa shape index (κ2) is 11.0. The molecule has 0 amide bonds. The minimum Gasteiger partial charge on any atom is -0.376 e. The summed E-state index contributed by atoms with van der Waals surface area (Å²) in [6, 6.07) is 0. The van der Waals surface area contributed by atoms with Crippen molar-refractivity contribution in [3.8, 4) is 0 Å². The first-order chi connectivity index (χ1) is 6.85. The van der Waals surface area contributed by atoms with Crippen molar-refractivity contribution in [1.82, 2.24) is 10.6 Å². The third-order valence-corrected chi connectivity index (χ3v) is 2.12. The van der Waals surface area contributed by atoms with Crippen LogP contribution in [0.3, 0.4) is 0 Å². The van der Waals surface area contributed by atoms with Crippen LogP contribution in [0.15, 0.2) is 0 Å². The van der Waals surface area contributed by atoms with Gasteiger partial charge in [-0.05, 0) is 19.5 Å². The summed E-state index contributed by atoms with van der Waals surface area (Å²) in [5.41, 5.74) is 0. The van der Waals surface area contributed by atoms with Crippen molar-refractivity contribution >= 4 is 0 Å². The van der Waals surface area contributed by atoms with Crippen molar-refractivity contribution < 1.29 is 4.74 Å². The number of rotatable bonds is 4. The smallest absolute Gasteiger partial charge is 0.0700 e. The van der Waals surface area contributed by atoms with Crippen LogP contribution >= 0.6 is 0 Å². The SMILES string of the molecule is CCCC1CNCCO1.CCNCC. The summed E-state index contributed by atoms with van der Waals surface area (Å²) in [4.78, 5) is 0. The van der Waals surface area contributed by atoms with Crippen molar-refractivity contribution in [3.63, 3.8) is 0 Å². The lowest BCUT2D eigenvalue weighted by atomic mass is 10.2. The van der Waals surface area contributed by atoms with E-state index in [9.17, 15) is 0 Å². The molecule has 0 spiro atoms. The molecule has 2 N–H and O–H groups in total. The third-order valence-electron chi connectivity index (χ3n) is 2.12. The van der Waals surface area contributed by atoms with Crippen LogP contribution < -0.4 is 10.6 Å². The van der Waals surface area contributed by atoms with Crippen molar-refractivity contribution in [1.29, 1.82) is 0 Å². The second-order valence-electron chi connectivity index (χ2n) is 3.44. The Kier molecular flexibility index (Phi) is 10.9. The van der Waals surface area contributed by atoms with Crippen LogP contribution in [0, 0.1) is 0 Å². The summed E-state index contributed by atoms with van der Waals surface area (Å²) in [7, 11) is 0. The Bertz CT molecular complexity index is 98.7. The maximum atomic E-state index is 5.46. The molecule has 1 unspecified atom stereocenters. The third kappa shape index (κ3) is 8.48. The van der Waals surface area contributed by atoms with E-state index < -0.39 is 0 Å². The first-order valence-electron chi connectivity index (χ1n) is 5.88. The molecule has 3 heteroatoms.